The van der Waals surface area contributed by atoms with Crippen LogP contribution in [0.4, 0.5) is 11.4 Å². The number of benzene rings is 2. The number of fused-ring (bicyclic) bond motifs is 1. The van der Waals surface area contributed by atoms with Crippen molar-refractivity contribution in [2.24, 2.45) is 5.92 Å². The summed E-state index contributed by atoms with van der Waals surface area (Å²) in [4.78, 5) is 32.4. The Hall–Kier alpha value is -4.04. The Morgan fingerprint density at radius 1 is 0.944 bits per heavy atom. The summed E-state index contributed by atoms with van der Waals surface area (Å²) in [5.41, 5.74) is 5.38. The zero-order valence-electron chi connectivity index (χ0n) is 20.0. The van der Waals surface area contributed by atoms with Crippen LogP contribution in [0.1, 0.15) is 41.7 Å². The molecule has 2 aromatic carbocycles. The van der Waals surface area contributed by atoms with Gasteiger partial charge < -0.3 is 10.6 Å². The van der Waals surface area contributed by atoms with E-state index in [0.717, 1.165) is 54.5 Å². The highest BCUT2D eigenvalue weighted by Crippen LogP contribution is 2.32. The Kier molecular flexibility index (Phi) is 5.95. The molecule has 0 atom stereocenters. The third-order valence-corrected chi connectivity index (χ3v) is 6.89. The number of amides is 2. The lowest BCUT2D eigenvalue weighted by molar-refractivity contribution is -0.117. The van der Waals surface area contributed by atoms with Crippen LogP contribution in [0.15, 0.2) is 60.9 Å². The second-order valence-electron chi connectivity index (χ2n) is 9.66. The fraction of sp³-hybridized carbons (Fsp3) is 0.286. The highest BCUT2D eigenvalue weighted by molar-refractivity contribution is 6.13. The Balaban J connectivity index is 1.25. The number of anilines is 2. The van der Waals surface area contributed by atoms with E-state index in [1.165, 1.54) is 18.4 Å². The maximum atomic E-state index is 13.2. The normalized spacial score (nSPS) is 15.8. The smallest absolute Gasteiger partial charge is 0.276 e. The number of aromatic amines is 1. The van der Waals surface area contributed by atoms with Gasteiger partial charge in [0.25, 0.3) is 5.91 Å². The van der Waals surface area contributed by atoms with Gasteiger partial charge in [-0.2, -0.15) is 5.10 Å². The molecule has 1 saturated carbocycles. The average Bonchev–Trinajstić information content (AvgIpc) is 3.47. The molecule has 1 aliphatic carbocycles. The number of nitrogens with zero attached hydrogens (tertiary/aromatic N) is 3. The van der Waals surface area contributed by atoms with Crippen LogP contribution in [-0.4, -0.2) is 45.0 Å². The van der Waals surface area contributed by atoms with Gasteiger partial charge in [0.2, 0.25) is 5.91 Å². The van der Waals surface area contributed by atoms with Gasteiger partial charge in [-0.25, -0.2) is 0 Å². The summed E-state index contributed by atoms with van der Waals surface area (Å²) in [5, 5.41) is 13.8. The summed E-state index contributed by atoms with van der Waals surface area (Å²) < 4.78 is 0. The molecule has 36 heavy (non-hydrogen) atoms. The van der Waals surface area contributed by atoms with E-state index < -0.39 is 0 Å². The van der Waals surface area contributed by atoms with E-state index in [-0.39, 0.29) is 17.7 Å². The van der Waals surface area contributed by atoms with Crippen LogP contribution < -0.4 is 10.6 Å². The summed E-state index contributed by atoms with van der Waals surface area (Å²) >= 11 is 0. The first-order chi connectivity index (χ1) is 17.6. The second kappa shape index (κ2) is 9.54. The lowest BCUT2D eigenvalue weighted by atomic mass is 10.0. The van der Waals surface area contributed by atoms with Gasteiger partial charge in [0.05, 0.1) is 16.9 Å². The fourth-order valence-corrected chi connectivity index (χ4v) is 4.76. The van der Waals surface area contributed by atoms with E-state index in [1.54, 1.807) is 12.1 Å². The lowest BCUT2D eigenvalue weighted by Gasteiger charge is -2.14. The average molecular weight is 481 g/mol. The van der Waals surface area contributed by atoms with Crippen LogP contribution in [0.2, 0.25) is 0 Å². The Bertz CT molecular complexity index is 1440. The van der Waals surface area contributed by atoms with E-state index in [0.29, 0.717) is 17.1 Å². The summed E-state index contributed by atoms with van der Waals surface area (Å²) in [5.74, 6) is -0.273. The topological polar surface area (TPSA) is 103 Å². The number of para-hydroxylation sites is 2. The number of aromatic nitrogens is 3. The van der Waals surface area contributed by atoms with E-state index in [2.05, 4.69) is 36.8 Å². The summed E-state index contributed by atoms with van der Waals surface area (Å²) in [6, 6.07) is 15.3. The molecule has 2 aromatic heterocycles. The van der Waals surface area contributed by atoms with Crippen molar-refractivity contribution >= 4 is 34.1 Å². The standard InChI is InChI=1S/C28H28N6O2/c35-27(19-7-8-19)30-24-5-1-2-6-25(24)31-28(36)26-22-14-20(9-10-23(22)32-33-26)21-13-18(15-29-16-21)17-34-11-3-4-12-34/h1-2,5-6,9-10,13-16,19H,3-4,7-8,11-12,17H2,(H,30,35)(H,31,36)(H,32,33). The number of H-pyrrole nitrogens is 1. The first kappa shape index (κ1) is 22.4. The molecular formula is C28H28N6O2. The fourth-order valence-electron chi connectivity index (χ4n) is 4.76. The molecule has 0 radical (unpaired) electrons. The first-order valence-electron chi connectivity index (χ1n) is 12.5. The molecule has 2 amide bonds. The predicted molar refractivity (Wildman–Crippen MR) is 140 cm³/mol. The van der Waals surface area contributed by atoms with Crippen LogP contribution in [0, 0.1) is 5.92 Å². The summed E-state index contributed by atoms with van der Waals surface area (Å²) in [6.07, 6.45) is 8.13. The van der Waals surface area contributed by atoms with Crippen molar-refractivity contribution in [1.29, 1.82) is 0 Å². The van der Waals surface area contributed by atoms with Crippen molar-refractivity contribution in [2.45, 2.75) is 32.2 Å². The minimum Gasteiger partial charge on any atom is -0.324 e. The third-order valence-electron chi connectivity index (χ3n) is 6.89. The van der Waals surface area contributed by atoms with Gasteiger partial charge in [0.15, 0.2) is 5.69 Å². The minimum atomic E-state index is -0.340. The molecular weight excluding hydrogens is 452 g/mol. The molecule has 1 saturated heterocycles. The van der Waals surface area contributed by atoms with Gasteiger partial charge in [-0.3, -0.25) is 24.6 Å². The van der Waals surface area contributed by atoms with Crippen molar-refractivity contribution in [3.05, 3.63) is 72.2 Å². The molecule has 2 aliphatic rings. The molecule has 8 heteroatoms. The van der Waals surface area contributed by atoms with Crippen LogP contribution >= 0.6 is 0 Å². The largest absolute Gasteiger partial charge is 0.324 e. The molecule has 182 valence electrons. The monoisotopic (exact) mass is 480 g/mol. The molecule has 3 N–H and O–H groups in total. The number of rotatable bonds is 7. The molecule has 0 spiro atoms. The molecule has 6 rings (SSSR count). The van der Waals surface area contributed by atoms with E-state index >= 15 is 0 Å². The van der Waals surface area contributed by atoms with Crippen LogP contribution in [0.25, 0.3) is 22.0 Å². The van der Waals surface area contributed by atoms with Crippen LogP contribution in [0.3, 0.4) is 0 Å². The molecule has 1 aliphatic heterocycles. The number of carbonyl (C=O) groups excluding carboxylic acids is 2. The molecule has 8 nitrogen and oxygen atoms in total. The maximum Gasteiger partial charge on any atom is 0.276 e. The zero-order valence-corrected chi connectivity index (χ0v) is 20.0. The number of pyridine rings is 1. The Morgan fingerprint density at radius 3 is 2.50 bits per heavy atom. The second-order valence-corrected chi connectivity index (χ2v) is 9.66. The third kappa shape index (κ3) is 4.72. The summed E-state index contributed by atoms with van der Waals surface area (Å²) in [6.45, 7) is 3.17. The van der Waals surface area contributed by atoms with Crippen molar-refractivity contribution < 1.29 is 9.59 Å². The lowest BCUT2D eigenvalue weighted by Crippen LogP contribution is -2.18. The molecule has 0 unspecified atom stereocenters. The number of hydrogen-bond acceptors (Lipinski definition) is 5. The van der Waals surface area contributed by atoms with Crippen LogP contribution in [0.5, 0.6) is 0 Å². The molecule has 0 bridgehead atoms. The maximum absolute atomic E-state index is 13.2. The van der Waals surface area contributed by atoms with Crippen molar-refractivity contribution in [3.8, 4) is 11.1 Å². The predicted octanol–water partition coefficient (Wildman–Crippen LogP) is 4.82. The number of likely N-dealkylation sites (tertiary alicyclic amines) is 1. The highest BCUT2D eigenvalue weighted by atomic mass is 16.2. The minimum absolute atomic E-state index is 0.00729. The zero-order chi connectivity index (χ0) is 24.5. The quantitative estimate of drug-likeness (QED) is 0.352. The van der Waals surface area contributed by atoms with Gasteiger partial charge in [0.1, 0.15) is 0 Å². The van der Waals surface area contributed by atoms with Gasteiger partial charge in [-0.1, -0.05) is 18.2 Å². The molecule has 2 fully saturated rings. The Labute approximate surface area is 209 Å². The molecule has 4 aromatic rings. The van der Waals surface area contributed by atoms with Crippen molar-refractivity contribution in [3.63, 3.8) is 0 Å². The highest BCUT2D eigenvalue weighted by Gasteiger charge is 2.30. The SMILES string of the molecule is O=C(Nc1ccccc1NC(=O)C1CC1)c1n[nH]c2ccc(-c3cncc(CN4CCCC4)c3)cc12. The number of carbonyl (C=O) groups is 2. The van der Waals surface area contributed by atoms with Gasteiger partial charge in [-0.05, 0) is 80.2 Å². The van der Waals surface area contributed by atoms with Gasteiger partial charge in [0, 0.05) is 35.8 Å². The molecule has 3 heterocycles. The Morgan fingerprint density at radius 2 is 1.72 bits per heavy atom. The van der Waals surface area contributed by atoms with Gasteiger partial charge in [-0.15, -0.1) is 0 Å². The van der Waals surface area contributed by atoms with Crippen LogP contribution in [-0.2, 0) is 11.3 Å². The number of hydrogen-bond donors (Lipinski definition) is 3. The van der Waals surface area contributed by atoms with Gasteiger partial charge >= 0.3 is 0 Å². The van der Waals surface area contributed by atoms with E-state index in [4.69, 9.17) is 0 Å². The summed E-state index contributed by atoms with van der Waals surface area (Å²) in [7, 11) is 0. The number of nitrogens with one attached hydrogen (secondary N) is 3. The first-order valence-corrected chi connectivity index (χ1v) is 12.5. The van der Waals surface area contributed by atoms with Crippen molar-refractivity contribution in [1.82, 2.24) is 20.1 Å². The van der Waals surface area contributed by atoms with E-state index in [9.17, 15) is 9.59 Å². The van der Waals surface area contributed by atoms with E-state index in [1.807, 2.05) is 42.7 Å². The van der Waals surface area contributed by atoms with Crippen molar-refractivity contribution in [2.75, 3.05) is 23.7 Å².